The molecule has 0 saturated carbocycles. The summed E-state index contributed by atoms with van der Waals surface area (Å²) in [4.78, 5) is 13.4. The normalized spacial score (nSPS) is 29.2. The number of ether oxygens (including phenoxy) is 6. The van der Waals surface area contributed by atoms with E-state index >= 15 is 0 Å². The van der Waals surface area contributed by atoms with Gasteiger partial charge in [-0.3, -0.25) is 4.79 Å². The summed E-state index contributed by atoms with van der Waals surface area (Å²) in [5.74, 6) is -0.290. The van der Waals surface area contributed by atoms with E-state index < -0.39 is 124 Å². The van der Waals surface area contributed by atoms with Crippen LogP contribution in [0, 0.1) is 0 Å². The van der Waals surface area contributed by atoms with Crippen LogP contribution in [0.3, 0.4) is 0 Å². The van der Waals surface area contributed by atoms with Crippen LogP contribution in [-0.2, 0) is 33.2 Å². The van der Waals surface area contributed by atoms with Crippen LogP contribution in [0.25, 0.3) is 0 Å². The van der Waals surface area contributed by atoms with E-state index in [-0.39, 0.29) is 18.9 Å². The molecule has 3 fully saturated rings. The van der Waals surface area contributed by atoms with E-state index in [0.717, 1.165) is 89.9 Å². The molecule has 500 valence electrons. The van der Waals surface area contributed by atoms with Crippen LogP contribution in [0.5, 0.6) is 0 Å². The minimum Gasteiger partial charge on any atom is -0.394 e. The van der Waals surface area contributed by atoms with E-state index in [4.69, 9.17) is 28.4 Å². The lowest BCUT2D eigenvalue weighted by molar-refractivity contribution is -0.379. The van der Waals surface area contributed by atoms with Crippen LogP contribution >= 0.6 is 0 Å². The van der Waals surface area contributed by atoms with E-state index in [1.165, 1.54) is 109 Å². The number of rotatable bonds is 50. The number of amides is 1. The number of hydrogen-bond acceptors (Lipinski definition) is 18. The third-order valence-electron chi connectivity index (χ3n) is 16.6. The van der Waals surface area contributed by atoms with Gasteiger partial charge in [-0.05, 0) is 57.8 Å². The van der Waals surface area contributed by atoms with Crippen molar-refractivity contribution in [2.45, 2.75) is 330 Å². The average molecular weight is 1230 g/mol. The van der Waals surface area contributed by atoms with Crippen LogP contribution in [0.2, 0.25) is 0 Å². The predicted octanol–water partition coefficient (Wildman–Crippen LogP) is 7.99. The monoisotopic (exact) mass is 1230 g/mol. The van der Waals surface area contributed by atoms with E-state index in [2.05, 4.69) is 67.8 Å². The molecule has 0 aromatic heterocycles. The van der Waals surface area contributed by atoms with Crippen LogP contribution in [-0.4, -0.2) is 193 Å². The smallest absolute Gasteiger partial charge is 0.220 e. The summed E-state index contributed by atoms with van der Waals surface area (Å²) >= 11 is 0. The third-order valence-corrected chi connectivity index (χ3v) is 16.6. The van der Waals surface area contributed by atoms with E-state index in [9.17, 15) is 61.0 Å². The first-order valence-electron chi connectivity index (χ1n) is 33.5. The van der Waals surface area contributed by atoms with Crippen LogP contribution in [0.15, 0.2) is 60.8 Å². The Hall–Kier alpha value is -2.51. The fourth-order valence-corrected chi connectivity index (χ4v) is 11.1. The summed E-state index contributed by atoms with van der Waals surface area (Å²) in [5.41, 5.74) is 0. The molecule has 17 atom stereocenters. The van der Waals surface area contributed by atoms with Gasteiger partial charge < -0.3 is 89.9 Å². The van der Waals surface area contributed by atoms with Gasteiger partial charge in [0.05, 0.1) is 38.6 Å². The number of aliphatic hydroxyl groups excluding tert-OH is 11. The molecule has 19 heteroatoms. The van der Waals surface area contributed by atoms with Crippen molar-refractivity contribution in [2.24, 2.45) is 0 Å². The standard InChI is InChI=1S/C67H119NO18/c1-3-5-7-9-11-13-15-17-19-21-23-24-25-27-28-30-32-34-36-38-40-42-44-51(72)50(68-55(73)45-43-41-39-37-35-33-31-29-26-22-20-18-16-14-12-10-8-6-4-2)49-81-65-61(79)58(76)63(53(47-70)83-65)86-67-62(80)59(77)64(54(48-71)84-67)85-66-60(78)57(75)56(74)52(46-69)82-66/h6,8,12,14,18,20,26,29,42,44,50-54,56-67,69-72,74-80H,3-5,7,9-11,13,15-17,19,21-25,27-28,30-41,43,45-49H2,1-2H3,(H,68,73)/b8-6-,14-12-,20-18-,29-26-,44-42+. The number of aliphatic hydroxyl groups is 11. The predicted molar refractivity (Wildman–Crippen MR) is 332 cm³/mol. The number of hydrogen-bond donors (Lipinski definition) is 12. The molecule has 0 spiro atoms. The Balaban J connectivity index is 1.47. The molecule has 17 unspecified atom stereocenters. The topological polar surface area (TPSA) is 307 Å². The molecule has 0 bridgehead atoms. The Morgan fingerprint density at radius 2 is 0.802 bits per heavy atom. The fraction of sp³-hybridized carbons (Fsp3) is 0.836. The Morgan fingerprint density at radius 1 is 0.430 bits per heavy atom. The van der Waals surface area contributed by atoms with Gasteiger partial charge in [0.25, 0.3) is 0 Å². The van der Waals surface area contributed by atoms with Crippen molar-refractivity contribution < 1.29 is 89.4 Å². The molecule has 19 nitrogen and oxygen atoms in total. The van der Waals surface area contributed by atoms with Crippen molar-refractivity contribution in [2.75, 3.05) is 26.4 Å². The largest absolute Gasteiger partial charge is 0.394 e. The van der Waals surface area contributed by atoms with Crippen molar-refractivity contribution >= 4 is 5.91 Å². The first-order valence-corrected chi connectivity index (χ1v) is 33.5. The molecular weight excluding hydrogens is 1110 g/mol. The molecule has 0 radical (unpaired) electrons. The highest BCUT2D eigenvalue weighted by Gasteiger charge is 2.53. The molecular formula is C67H119NO18. The van der Waals surface area contributed by atoms with Gasteiger partial charge >= 0.3 is 0 Å². The van der Waals surface area contributed by atoms with Crippen LogP contribution in [0.4, 0.5) is 0 Å². The maximum atomic E-state index is 13.4. The zero-order valence-corrected chi connectivity index (χ0v) is 52.5. The fourth-order valence-electron chi connectivity index (χ4n) is 11.1. The maximum absolute atomic E-state index is 13.4. The number of unbranched alkanes of at least 4 members (excludes halogenated alkanes) is 26. The van der Waals surface area contributed by atoms with Crippen LogP contribution in [0.1, 0.15) is 226 Å². The van der Waals surface area contributed by atoms with Gasteiger partial charge in [-0.15, -0.1) is 0 Å². The first-order chi connectivity index (χ1) is 41.8. The Morgan fingerprint density at radius 3 is 1.26 bits per heavy atom. The van der Waals surface area contributed by atoms with Gasteiger partial charge in [0.2, 0.25) is 5.91 Å². The van der Waals surface area contributed by atoms with Crippen LogP contribution < -0.4 is 5.32 Å². The second-order valence-corrected chi connectivity index (χ2v) is 23.9. The third kappa shape index (κ3) is 31.5. The highest BCUT2D eigenvalue weighted by Crippen LogP contribution is 2.33. The average Bonchev–Trinajstić information content (AvgIpc) is 2.80. The zero-order chi connectivity index (χ0) is 62.6. The van der Waals surface area contributed by atoms with Gasteiger partial charge in [-0.25, -0.2) is 0 Å². The molecule has 1 amide bonds. The van der Waals surface area contributed by atoms with Crippen molar-refractivity contribution in [1.29, 1.82) is 0 Å². The number of carbonyl (C=O) groups is 1. The molecule has 0 aromatic carbocycles. The van der Waals surface area contributed by atoms with Gasteiger partial charge in [0.1, 0.15) is 73.2 Å². The van der Waals surface area contributed by atoms with Crippen molar-refractivity contribution in [3.63, 3.8) is 0 Å². The van der Waals surface area contributed by atoms with Gasteiger partial charge in [0.15, 0.2) is 18.9 Å². The Labute approximate surface area is 515 Å². The lowest BCUT2D eigenvalue weighted by Crippen LogP contribution is -2.66. The molecule has 3 rings (SSSR count). The quantitative estimate of drug-likeness (QED) is 0.0203. The van der Waals surface area contributed by atoms with Gasteiger partial charge in [-0.2, -0.15) is 0 Å². The summed E-state index contributed by atoms with van der Waals surface area (Å²) in [6, 6.07) is -0.984. The van der Waals surface area contributed by atoms with Gasteiger partial charge in [-0.1, -0.05) is 222 Å². The zero-order valence-electron chi connectivity index (χ0n) is 52.5. The van der Waals surface area contributed by atoms with E-state index in [0.29, 0.717) is 6.42 Å². The second-order valence-electron chi connectivity index (χ2n) is 23.9. The molecule has 86 heavy (non-hydrogen) atoms. The first kappa shape index (κ1) is 77.7. The maximum Gasteiger partial charge on any atom is 0.220 e. The lowest BCUT2D eigenvalue weighted by atomic mass is 9.96. The molecule has 3 saturated heterocycles. The van der Waals surface area contributed by atoms with Crippen molar-refractivity contribution in [3.8, 4) is 0 Å². The number of nitrogens with one attached hydrogen (secondary N) is 1. The van der Waals surface area contributed by atoms with E-state index in [1.54, 1.807) is 6.08 Å². The number of allylic oxidation sites excluding steroid dienone is 9. The Kier molecular flexibility index (Phi) is 44.5. The SMILES string of the molecule is CC/C=C\C/C=C\C/C=C\C/C=C\CCCCCCCCC(=O)NC(COC1OC(CO)C(OC2OC(CO)C(OC3OC(CO)C(O)C(O)C3O)C(O)C2O)C(O)C1O)C(O)/C=C/CCCCCCCCCCCCCCCCCCCCCC. The highest BCUT2D eigenvalue weighted by molar-refractivity contribution is 5.76. The summed E-state index contributed by atoms with van der Waals surface area (Å²) in [7, 11) is 0. The Bertz CT molecular complexity index is 1800. The molecule has 12 N–H and O–H groups in total. The molecule has 3 aliphatic rings. The van der Waals surface area contributed by atoms with Crippen molar-refractivity contribution in [3.05, 3.63) is 60.8 Å². The molecule has 3 heterocycles. The second kappa shape index (κ2) is 49.2. The summed E-state index contributed by atoms with van der Waals surface area (Å²) < 4.78 is 34.3. The minimum atomic E-state index is -1.98. The van der Waals surface area contributed by atoms with E-state index in [1.807, 2.05) is 6.08 Å². The van der Waals surface area contributed by atoms with Gasteiger partial charge in [0, 0.05) is 6.42 Å². The summed E-state index contributed by atoms with van der Waals surface area (Å²) in [6.45, 7) is 1.61. The summed E-state index contributed by atoms with van der Waals surface area (Å²) in [6.07, 6.45) is 31.9. The lowest BCUT2D eigenvalue weighted by Gasteiger charge is -2.48. The number of carbonyl (C=O) groups excluding carboxylic acids is 1. The molecule has 0 aromatic rings. The summed E-state index contributed by atoms with van der Waals surface area (Å²) in [5, 5.41) is 120. The highest BCUT2D eigenvalue weighted by atomic mass is 16.8. The minimum absolute atomic E-state index is 0.225. The molecule has 0 aliphatic carbocycles. The van der Waals surface area contributed by atoms with Crippen molar-refractivity contribution in [1.82, 2.24) is 5.32 Å². The molecule has 3 aliphatic heterocycles.